The SMILES string of the molecule is CC(C)(C)OC(=O)C[C@@H]1NC(=O)CNC(=O)[C@H](CCCN=C(N)N)NC(=O)[C@@H]2CC[C@H]3C[C@@H](CC(=O)NCN4CCN(CC(=O)O)CCN(CC(=O)O)CCN(CC(=O)O)CC4)[C@@H](NC1=O)C(=O)N32. The zero-order valence-electron chi connectivity index (χ0n) is 39.5. The number of aliphatic imine (C=N–C) groups is 1. The van der Waals surface area contributed by atoms with Gasteiger partial charge in [-0.3, -0.25) is 72.5 Å². The number of nitrogens with zero attached hydrogens (tertiary/aromatic N) is 6. The summed E-state index contributed by atoms with van der Waals surface area (Å²) in [6.07, 6.45) is 0.0180. The summed E-state index contributed by atoms with van der Waals surface area (Å²) in [6, 6.07) is -5.83. The number of carbonyl (C=O) groups is 10. The molecule has 0 aliphatic carbocycles. The van der Waals surface area contributed by atoms with Crippen LogP contribution >= 0.6 is 0 Å². The number of carbonyl (C=O) groups excluding carboxylic acids is 7. The molecule has 0 radical (unpaired) electrons. The Morgan fingerprint density at radius 3 is 1.80 bits per heavy atom. The smallest absolute Gasteiger partial charge is 0.317 e. The third-order valence-corrected chi connectivity index (χ3v) is 12.1. The van der Waals surface area contributed by atoms with Crippen LogP contribution in [-0.4, -0.2) is 233 Å². The first-order valence-corrected chi connectivity index (χ1v) is 23.1. The van der Waals surface area contributed by atoms with Crippen LogP contribution in [0.15, 0.2) is 4.99 Å². The molecule has 6 atom stereocenters. The van der Waals surface area contributed by atoms with Gasteiger partial charge in [-0.2, -0.15) is 0 Å². The highest BCUT2D eigenvalue weighted by Crippen LogP contribution is 2.37. The van der Waals surface area contributed by atoms with Crippen molar-refractivity contribution in [2.45, 2.75) is 102 Å². The summed E-state index contributed by atoms with van der Waals surface area (Å²) in [6.45, 7) is 4.85. The molecule has 0 aromatic heterocycles. The summed E-state index contributed by atoms with van der Waals surface area (Å²) < 4.78 is 5.42. The molecule has 4 aliphatic heterocycles. The topological polar surface area (TPSA) is 381 Å². The lowest BCUT2D eigenvalue weighted by molar-refractivity contribution is -0.157. The second kappa shape index (κ2) is 26.0. The number of nitrogens with one attached hydrogen (secondary N) is 5. The van der Waals surface area contributed by atoms with Gasteiger partial charge in [0.15, 0.2) is 5.96 Å². The first-order chi connectivity index (χ1) is 32.5. The van der Waals surface area contributed by atoms with E-state index in [-0.39, 0.29) is 123 Å². The maximum atomic E-state index is 14.7. The second-order valence-corrected chi connectivity index (χ2v) is 18.7. The highest BCUT2D eigenvalue weighted by atomic mass is 16.6. The number of piperidine rings is 1. The van der Waals surface area contributed by atoms with Crippen LogP contribution in [0.25, 0.3) is 0 Å². The van der Waals surface area contributed by atoms with E-state index in [1.807, 2.05) is 0 Å². The predicted octanol–water partition coefficient (Wildman–Crippen LogP) is -5.33. The van der Waals surface area contributed by atoms with Crippen molar-refractivity contribution in [1.29, 1.82) is 0 Å². The van der Waals surface area contributed by atoms with E-state index in [0.717, 1.165) is 0 Å². The van der Waals surface area contributed by atoms with Crippen LogP contribution in [0.1, 0.15) is 65.7 Å². The molecule has 4 heterocycles. The Balaban J connectivity index is 1.59. The number of amides is 6. The lowest BCUT2D eigenvalue weighted by Gasteiger charge is -2.42. The standard InChI is InChI=1S/C42H69N13O14/c1-42(2,3)69-35(64)19-28-38(66)50-36-25(17-26-6-7-29(55(26)40(36)68)39(67)49-27(5-4-8-45-41(43)44)37(65)46-20-31(57)48-28)18-30(56)47-24-54-15-13-52(22-33(60)61)11-9-51(21-32(58)59)10-12-53(14-16-54)23-34(62)63/h25-29,36H,4-24H2,1-3H3,(H,46,65)(H,47,56)(H,48,57)(H,49,67)(H,50,66)(H,58,59)(H,60,61)(H,62,63)(H4,43,44,45)/t25-,26-,27-,28-,29-,36+/m0/s1. The molecule has 0 aromatic carbocycles. The monoisotopic (exact) mass is 980 g/mol. The van der Waals surface area contributed by atoms with Gasteiger partial charge in [0.1, 0.15) is 29.8 Å². The number of aliphatic carboxylic acids is 3. The summed E-state index contributed by atoms with van der Waals surface area (Å²) >= 11 is 0. The highest BCUT2D eigenvalue weighted by molar-refractivity contribution is 5.99. The molecule has 0 aromatic rings. The predicted molar refractivity (Wildman–Crippen MR) is 242 cm³/mol. The molecule has 0 unspecified atom stereocenters. The van der Waals surface area contributed by atoms with E-state index < -0.39 is 114 Å². The Morgan fingerprint density at radius 1 is 0.725 bits per heavy atom. The van der Waals surface area contributed by atoms with E-state index in [4.69, 9.17) is 16.2 Å². The van der Waals surface area contributed by atoms with Gasteiger partial charge in [0.2, 0.25) is 35.4 Å². The minimum Gasteiger partial charge on any atom is -0.480 e. The maximum Gasteiger partial charge on any atom is 0.317 e. The summed E-state index contributed by atoms with van der Waals surface area (Å²) in [7, 11) is 0. The van der Waals surface area contributed by atoms with Crippen molar-refractivity contribution >= 4 is 65.3 Å². The van der Waals surface area contributed by atoms with E-state index in [1.165, 1.54) is 4.90 Å². The van der Waals surface area contributed by atoms with Crippen molar-refractivity contribution in [1.82, 2.24) is 51.1 Å². The van der Waals surface area contributed by atoms with E-state index in [2.05, 4.69) is 31.6 Å². The Labute approximate surface area is 399 Å². The summed E-state index contributed by atoms with van der Waals surface area (Å²) in [4.78, 5) is 144. The zero-order chi connectivity index (χ0) is 51.0. The van der Waals surface area contributed by atoms with Crippen molar-refractivity contribution in [2.24, 2.45) is 22.4 Å². The molecular weight excluding hydrogens is 911 g/mol. The third-order valence-electron chi connectivity index (χ3n) is 12.1. The first kappa shape index (κ1) is 55.4. The molecule has 386 valence electrons. The van der Waals surface area contributed by atoms with Gasteiger partial charge in [-0.1, -0.05) is 0 Å². The molecule has 4 aliphatic rings. The number of carboxylic acids is 3. The Morgan fingerprint density at radius 2 is 1.28 bits per heavy atom. The quantitative estimate of drug-likeness (QED) is 0.0299. The van der Waals surface area contributed by atoms with Crippen LogP contribution in [0.4, 0.5) is 0 Å². The molecule has 2 bridgehead atoms. The fraction of sp³-hybridized carbons (Fsp3) is 0.738. The van der Waals surface area contributed by atoms with E-state index in [9.17, 15) is 63.3 Å². The molecule has 27 heteroatoms. The van der Waals surface area contributed by atoms with Crippen molar-refractivity contribution in [3.8, 4) is 0 Å². The molecule has 0 saturated carbocycles. The van der Waals surface area contributed by atoms with Gasteiger partial charge in [-0.15, -0.1) is 0 Å². The first-order valence-electron chi connectivity index (χ1n) is 23.1. The Hall–Kier alpha value is -6.19. The van der Waals surface area contributed by atoms with Gasteiger partial charge in [-0.25, -0.2) is 0 Å². The van der Waals surface area contributed by atoms with Crippen LogP contribution < -0.4 is 38.1 Å². The fourth-order valence-electron chi connectivity index (χ4n) is 8.82. The van der Waals surface area contributed by atoms with Gasteiger partial charge in [0.25, 0.3) is 0 Å². The number of ether oxygens (including phenoxy) is 1. The highest BCUT2D eigenvalue weighted by Gasteiger charge is 2.51. The molecule has 69 heavy (non-hydrogen) atoms. The number of hydrogen-bond acceptors (Lipinski definition) is 16. The van der Waals surface area contributed by atoms with Gasteiger partial charge in [-0.05, 0) is 58.8 Å². The van der Waals surface area contributed by atoms with Crippen LogP contribution in [0, 0.1) is 5.92 Å². The van der Waals surface area contributed by atoms with E-state index >= 15 is 0 Å². The maximum absolute atomic E-state index is 14.7. The molecular formula is C42H69N13O14. The van der Waals surface area contributed by atoms with Crippen LogP contribution in [0.2, 0.25) is 0 Å². The average Bonchev–Trinajstić information content (AvgIpc) is 3.67. The minimum atomic E-state index is -1.60. The number of rotatable bonds is 16. The summed E-state index contributed by atoms with van der Waals surface area (Å²) in [5.41, 5.74) is 9.91. The Bertz CT molecular complexity index is 1900. The van der Waals surface area contributed by atoms with Crippen molar-refractivity contribution in [3.05, 3.63) is 0 Å². The largest absolute Gasteiger partial charge is 0.480 e. The Kier molecular flexibility index (Phi) is 20.9. The zero-order valence-corrected chi connectivity index (χ0v) is 39.5. The molecule has 27 nitrogen and oxygen atoms in total. The van der Waals surface area contributed by atoms with Crippen LogP contribution in [0.3, 0.4) is 0 Å². The second-order valence-electron chi connectivity index (χ2n) is 18.7. The normalized spacial score (nSPS) is 25.5. The third kappa shape index (κ3) is 18.7. The fourth-order valence-corrected chi connectivity index (χ4v) is 8.82. The molecule has 12 N–H and O–H groups in total. The summed E-state index contributed by atoms with van der Waals surface area (Å²) in [5, 5.41) is 41.8. The molecule has 4 saturated heterocycles. The lowest BCUT2D eigenvalue weighted by Crippen LogP contribution is -2.64. The molecule has 4 fully saturated rings. The van der Waals surface area contributed by atoms with Crippen LogP contribution in [0.5, 0.6) is 0 Å². The van der Waals surface area contributed by atoms with Crippen molar-refractivity contribution < 1.29 is 68.0 Å². The summed E-state index contributed by atoms with van der Waals surface area (Å²) in [5.74, 6) is -9.62. The lowest BCUT2D eigenvalue weighted by atomic mass is 9.83. The number of hydrogen-bond donors (Lipinski definition) is 10. The van der Waals surface area contributed by atoms with Gasteiger partial charge in [0.05, 0.1) is 39.3 Å². The number of nitrogens with two attached hydrogens (primary N) is 2. The number of carboxylic acid groups (broad SMARTS) is 3. The van der Waals surface area contributed by atoms with Gasteiger partial charge >= 0.3 is 23.9 Å². The van der Waals surface area contributed by atoms with Crippen molar-refractivity contribution in [2.75, 3.05) is 91.8 Å². The molecule has 6 amide bonds. The number of fused-ring (bicyclic) bond motifs is 1. The van der Waals surface area contributed by atoms with Crippen LogP contribution in [-0.2, 0) is 52.7 Å². The average molecular weight is 980 g/mol. The van der Waals surface area contributed by atoms with Crippen molar-refractivity contribution in [3.63, 3.8) is 0 Å². The minimum absolute atomic E-state index is 0.0487. The van der Waals surface area contributed by atoms with Gasteiger partial charge < -0.3 is 63.0 Å². The number of guanidine groups is 1. The molecule has 4 rings (SSSR count). The van der Waals surface area contributed by atoms with E-state index in [0.29, 0.717) is 6.42 Å². The molecule has 0 spiro atoms. The van der Waals surface area contributed by atoms with E-state index in [1.54, 1.807) is 40.4 Å². The number of esters is 1. The van der Waals surface area contributed by atoms with Gasteiger partial charge in [0, 0.05) is 71.4 Å².